The van der Waals surface area contributed by atoms with Gasteiger partial charge < -0.3 is 4.42 Å². The van der Waals surface area contributed by atoms with Crippen molar-refractivity contribution in [3.8, 4) is 0 Å². The Hall–Kier alpha value is -3.73. The largest absolute Gasteiger partial charge is 0.416 e. The van der Waals surface area contributed by atoms with E-state index in [1.807, 2.05) is 30.3 Å². The maximum absolute atomic E-state index is 12.0. The fraction of sp³-hybridized carbons (Fsp3) is 0.111. The molecule has 0 saturated heterocycles. The Bertz CT molecular complexity index is 1020. The molecule has 1 aromatic heterocycles. The first kappa shape index (κ1) is 20.0. The van der Waals surface area contributed by atoms with Gasteiger partial charge in [0.2, 0.25) is 11.8 Å². The highest BCUT2D eigenvalue weighted by molar-refractivity contribution is 7.99. The zero-order valence-electron chi connectivity index (χ0n) is 14.9. The number of nitrogens with one attached hydrogen (secondary N) is 2. The van der Waals surface area contributed by atoms with Crippen LogP contribution in [0.3, 0.4) is 0 Å². The Morgan fingerprint density at radius 2 is 1.86 bits per heavy atom. The van der Waals surface area contributed by atoms with Gasteiger partial charge in [0.25, 0.3) is 16.8 Å². The summed E-state index contributed by atoms with van der Waals surface area (Å²) >= 11 is 1.02. The molecule has 0 atom stereocenters. The Morgan fingerprint density at radius 3 is 2.62 bits per heavy atom. The first-order valence-corrected chi connectivity index (χ1v) is 9.32. The molecule has 0 unspecified atom stereocenters. The molecule has 0 aliphatic carbocycles. The second-order valence-electron chi connectivity index (χ2n) is 5.72. The van der Waals surface area contributed by atoms with Gasteiger partial charge in [-0.1, -0.05) is 48.2 Å². The summed E-state index contributed by atoms with van der Waals surface area (Å²) in [6.45, 7) is 0. The number of carbonyl (C=O) groups excluding carboxylic acids is 2. The quantitative estimate of drug-likeness (QED) is 0.341. The van der Waals surface area contributed by atoms with Crippen LogP contribution < -0.4 is 10.9 Å². The van der Waals surface area contributed by atoms with E-state index in [9.17, 15) is 19.7 Å². The molecule has 0 fully saturated rings. The lowest BCUT2D eigenvalue weighted by Gasteiger charge is -2.06. The Kier molecular flexibility index (Phi) is 6.53. The van der Waals surface area contributed by atoms with Crippen molar-refractivity contribution in [2.24, 2.45) is 0 Å². The molecule has 2 N–H and O–H groups in total. The molecule has 1 heterocycles. The van der Waals surface area contributed by atoms with E-state index in [-0.39, 0.29) is 22.2 Å². The van der Waals surface area contributed by atoms with E-state index >= 15 is 0 Å². The second-order valence-corrected chi connectivity index (χ2v) is 6.65. The number of nitro benzene ring substituents is 1. The number of aromatic nitrogens is 2. The summed E-state index contributed by atoms with van der Waals surface area (Å²) < 4.78 is 5.48. The number of hydrazine groups is 1. The lowest BCUT2D eigenvalue weighted by molar-refractivity contribution is -0.384. The fourth-order valence-corrected chi connectivity index (χ4v) is 2.84. The number of amides is 2. The monoisotopic (exact) mass is 413 g/mol. The van der Waals surface area contributed by atoms with Crippen LogP contribution in [0.5, 0.6) is 0 Å². The van der Waals surface area contributed by atoms with Crippen molar-refractivity contribution in [3.63, 3.8) is 0 Å². The van der Waals surface area contributed by atoms with Gasteiger partial charge in [0.05, 0.1) is 17.1 Å². The molecule has 0 radical (unpaired) electrons. The number of nitrogens with zero attached hydrogens (tertiary/aromatic N) is 3. The Balaban J connectivity index is 1.45. The Morgan fingerprint density at radius 1 is 1.07 bits per heavy atom. The molecule has 29 heavy (non-hydrogen) atoms. The summed E-state index contributed by atoms with van der Waals surface area (Å²) in [5.74, 6) is -0.813. The summed E-state index contributed by atoms with van der Waals surface area (Å²) in [6.07, 6.45) is 0.486. The van der Waals surface area contributed by atoms with Gasteiger partial charge in [-0.25, -0.2) is 0 Å². The van der Waals surface area contributed by atoms with Gasteiger partial charge in [-0.05, 0) is 11.6 Å². The third kappa shape index (κ3) is 5.87. The van der Waals surface area contributed by atoms with Gasteiger partial charge in [-0.3, -0.25) is 30.6 Å². The predicted octanol–water partition coefficient (Wildman–Crippen LogP) is 2.12. The van der Waals surface area contributed by atoms with Crippen LogP contribution in [0.2, 0.25) is 0 Å². The van der Waals surface area contributed by atoms with E-state index < -0.39 is 16.7 Å². The van der Waals surface area contributed by atoms with Crippen molar-refractivity contribution in [1.29, 1.82) is 0 Å². The number of hydrogen-bond donors (Lipinski definition) is 2. The molecule has 0 aliphatic rings. The molecule has 0 aliphatic heterocycles. The fourth-order valence-electron chi connectivity index (χ4n) is 2.26. The van der Waals surface area contributed by atoms with Crippen molar-refractivity contribution in [1.82, 2.24) is 21.0 Å². The van der Waals surface area contributed by atoms with Crippen LogP contribution in [-0.2, 0) is 11.2 Å². The van der Waals surface area contributed by atoms with Crippen LogP contribution in [0.4, 0.5) is 5.69 Å². The van der Waals surface area contributed by atoms with Crippen LogP contribution >= 0.6 is 11.8 Å². The molecular formula is C18H15N5O5S. The van der Waals surface area contributed by atoms with Crippen LogP contribution in [0, 0.1) is 10.1 Å². The SMILES string of the molecule is O=C(CSc1nnc(Cc2ccccc2)o1)NNC(=O)c1cccc([N+](=O)[O-])c1. The maximum atomic E-state index is 12.0. The molecular weight excluding hydrogens is 398 g/mol. The number of carbonyl (C=O) groups is 2. The van der Waals surface area contributed by atoms with Crippen molar-refractivity contribution < 1.29 is 18.9 Å². The molecule has 0 saturated carbocycles. The highest BCUT2D eigenvalue weighted by Crippen LogP contribution is 2.17. The third-order valence-electron chi connectivity index (χ3n) is 3.61. The molecule has 148 valence electrons. The number of hydrogen-bond acceptors (Lipinski definition) is 8. The maximum Gasteiger partial charge on any atom is 0.277 e. The molecule has 0 spiro atoms. The molecule has 2 amide bonds. The van der Waals surface area contributed by atoms with Gasteiger partial charge >= 0.3 is 0 Å². The molecule has 2 aromatic carbocycles. The van der Waals surface area contributed by atoms with Crippen LogP contribution in [0.15, 0.2) is 64.2 Å². The zero-order chi connectivity index (χ0) is 20.6. The lowest BCUT2D eigenvalue weighted by Crippen LogP contribution is -2.42. The Labute approximate surface area is 168 Å². The van der Waals surface area contributed by atoms with Crippen LogP contribution in [0.25, 0.3) is 0 Å². The predicted molar refractivity (Wildman–Crippen MR) is 103 cm³/mol. The summed E-state index contributed by atoms with van der Waals surface area (Å²) in [5.41, 5.74) is 5.28. The smallest absolute Gasteiger partial charge is 0.277 e. The van der Waals surface area contributed by atoms with Crippen molar-refractivity contribution >= 4 is 29.3 Å². The first-order chi connectivity index (χ1) is 14.0. The number of rotatable bonds is 7. The average Bonchev–Trinajstić information content (AvgIpc) is 3.18. The number of non-ortho nitro benzene ring substituents is 1. The van der Waals surface area contributed by atoms with Gasteiger partial charge in [0.15, 0.2) is 0 Å². The molecule has 11 heteroatoms. The topological polar surface area (TPSA) is 140 Å². The van der Waals surface area contributed by atoms with E-state index in [4.69, 9.17) is 4.42 Å². The summed E-state index contributed by atoms with van der Waals surface area (Å²) in [7, 11) is 0. The molecule has 3 rings (SSSR count). The van der Waals surface area contributed by atoms with Crippen LogP contribution in [-0.4, -0.2) is 32.7 Å². The standard InChI is InChI=1S/C18H15N5O5S/c24-15(19-21-17(25)13-7-4-8-14(10-13)23(26)27)11-29-18-22-20-16(28-18)9-12-5-2-1-3-6-12/h1-8,10H,9,11H2,(H,19,24)(H,21,25). The van der Waals surface area contributed by atoms with Crippen molar-refractivity contribution in [2.45, 2.75) is 11.6 Å². The summed E-state index contributed by atoms with van der Waals surface area (Å²) in [5, 5.41) is 18.8. The highest BCUT2D eigenvalue weighted by Gasteiger charge is 2.13. The molecule has 3 aromatic rings. The molecule has 0 bridgehead atoms. The first-order valence-electron chi connectivity index (χ1n) is 8.34. The zero-order valence-corrected chi connectivity index (χ0v) is 15.7. The van der Waals surface area contributed by atoms with Crippen molar-refractivity contribution in [2.75, 3.05) is 5.75 Å². The number of thioether (sulfide) groups is 1. The molecule has 10 nitrogen and oxygen atoms in total. The number of benzene rings is 2. The minimum absolute atomic E-state index is 0.0506. The van der Waals surface area contributed by atoms with Gasteiger partial charge in [-0.15, -0.1) is 10.2 Å². The highest BCUT2D eigenvalue weighted by atomic mass is 32.2. The third-order valence-corrected chi connectivity index (χ3v) is 4.43. The van der Waals surface area contributed by atoms with Crippen molar-refractivity contribution in [3.05, 3.63) is 81.7 Å². The normalized spacial score (nSPS) is 10.3. The summed E-state index contributed by atoms with van der Waals surface area (Å²) in [4.78, 5) is 34.0. The van der Waals surface area contributed by atoms with E-state index in [1.54, 1.807) is 0 Å². The van der Waals surface area contributed by atoms with E-state index in [2.05, 4.69) is 21.0 Å². The van der Waals surface area contributed by atoms with E-state index in [0.717, 1.165) is 23.4 Å². The van der Waals surface area contributed by atoms with Gasteiger partial charge in [-0.2, -0.15) is 0 Å². The van der Waals surface area contributed by atoms with E-state index in [1.165, 1.54) is 18.2 Å². The second kappa shape index (κ2) is 9.46. The van der Waals surface area contributed by atoms with Crippen LogP contribution in [0.1, 0.15) is 21.8 Å². The van der Waals surface area contributed by atoms with Gasteiger partial charge in [0, 0.05) is 17.7 Å². The summed E-state index contributed by atoms with van der Waals surface area (Å²) in [6, 6.07) is 14.8. The minimum Gasteiger partial charge on any atom is -0.416 e. The average molecular weight is 413 g/mol. The van der Waals surface area contributed by atoms with E-state index in [0.29, 0.717) is 12.3 Å². The number of nitro groups is 1. The minimum atomic E-state index is -0.671. The van der Waals surface area contributed by atoms with Gasteiger partial charge in [0.1, 0.15) is 0 Å². The lowest BCUT2D eigenvalue weighted by atomic mass is 10.2.